The van der Waals surface area contributed by atoms with E-state index in [0.717, 1.165) is 17.1 Å². The van der Waals surface area contributed by atoms with E-state index in [-0.39, 0.29) is 3.23 Å². The maximum absolute atomic E-state index is 3.53. The Kier molecular flexibility index (Phi) is 6.74. The lowest BCUT2D eigenvalue weighted by molar-refractivity contribution is 0.787. The van der Waals surface area contributed by atoms with E-state index in [1.165, 1.54) is 6.42 Å². The predicted molar refractivity (Wildman–Crippen MR) is 57.4 cm³/mol. The Bertz CT molecular complexity index is 71.4. The highest BCUT2D eigenvalue weighted by molar-refractivity contribution is 9.26. The minimum absolute atomic E-state index is 0.105. The first-order chi connectivity index (χ1) is 4.12. The third-order valence-electron chi connectivity index (χ3n) is 0.872. The molecule has 0 spiro atoms. The molecular weight excluding hydrogens is 380 g/mol. The maximum Gasteiger partial charge on any atom is 0.0902 e. The highest BCUT2D eigenvalue weighted by Crippen LogP contribution is 2.33. The fourth-order valence-electron chi connectivity index (χ4n) is 0.392. The van der Waals surface area contributed by atoms with Crippen molar-refractivity contribution in [1.29, 1.82) is 0 Å². The molecule has 4 heteroatoms. The van der Waals surface area contributed by atoms with Gasteiger partial charge in [0.2, 0.25) is 0 Å². The molecule has 0 aromatic heterocycles. The van der Waals surface area contributed by atoms with Crippen LogP contribution in [0.15, 0.2) is 0 Å². The minimum atomic E-state index is 0.105. The number of hydrogen-bond acceptors (Lipinski definition) is 0. The molecule has 0 N–H and O–H groups in total. The lowest BCUT2D eigenvalue weighted by atomic mass is 10.3. The number of halogens is 4. The average molecular weight is 388 g/mol. The first kappa shape index (κ1) is 10.9. The fraction of sp³-hybridized carbons (Fsp3) is 1.00. The quantitative estimate of drug-likeness (QED) is 0.639. The van der Waals surface area contributed by atoms with Gasteiger partial charge in [0, 0.05) is 10.7 Å². The summed E-state index contributed by atoms with van der Waals surface area (Å²) in [5.74, 6) is 0. The SMILES string of the molecule is BrCCCC(Br)(Br)CBr. The molecule has 0 fully saturated rings. The molecule has 0 bridgehead atoms. The zero-order chi connectivity index (χ0) is 7.33. The topological polar surface area (TPSA) is 0 Å². The zero-order valence-electron chi connectivity index (χ0n) is 4.84. The summed E-state index contributed by atoms with van der Waals surface area (Å²) < 4.78 is 0.105. The van der Waals surface area contributed by atoms with Crippen LogP contribution in [0.5, 0.6) is 0 Å². The van der Waals surface area contributed by atoms with Gasteiger partial charge in [-0.15, -0.1) is 0 Å². The molecule has 0 saturated carbocycles. The second-order valence-corrected chi connectivity index (χ2v) is 7.24. The predicted octanol–water partition coefficient (Wildman–Crippen LogP) is 4.04. The van der Waals surface area contributed by atoms with Crippen LogP contribution >= 0.6 is 63.7 Å². The number of rotatable bonds is 4. The Hall–Kier alpha value is 1.92. The Morgan fingerprint density at radius 2 is 1.67 bits per heavy atom. The van der Waals surface area contributed by atoms with Gasteiger partial charge in [-0.05, 0) is 12.8 Å². The van der Waals surface area contributed by atoms with Crippen LogP contribution in [-0.4, -0.2) is 13.9 Å². The van der Waals surface area contributed by atoms with Gasteiger partial charge in [0.25, 0.3) is 0 Å². The lowest BCUT2D eigenvalue weighted by Gasteiger charge is -2.15. The summed E-state index contributed by atoms with van der Waals surface area (Å²) in [5.41, 5.74) is 0. The minimum Gasteiger partial charge on any atom is -0.0928 e. The highest BCUT2D eigenvalue weighted by atomic mass is 79.9. The van der Waals surface area contributed by atoms with Crippen molar-refractivity contribution in [3.05, 3.63) is 0 Å². The van der Waals surface area contributed by atoms with Gasteiger partial charge in [-0.2, -0.15) is 0 Å². The third-order valence-corrected chi connectivity index (χ3v) is 5.25. The average Bonchev–Trinajstić information content (AvgIpc) is 1.84. The second-order valence-electron chi connectivity index (χ2n) is 1.78. The van der Waals surface area contributed by atoms with Crippen LogP contribution in [0, 0.1) is 0 Å². The van der Waals surface area contributed by atoms with Crippen LogP contribution in [0.1, 0.15) is 12.8 Å². The van der Waals surface area contributed by atoms with Crippen molar-refractivity contribution in [2.75, 3.05) is 10.7 Å². The summed E-state index contributed by atoms with van der Waals surface area (Å²) in [6.07, 6.45) is 2.31. The maximum atomic E-state index is 3.53. The van der Waals surface area contributed by atoms with Crippen molar-refractivity contribution in [1.82, 2.24) is 0 Å². The summed E-state index contributed by atoms with van der Waals surface area (Å²) >= 11 is 13.8. The second kappa shape index (κ2) is 5.56. The molecule has 0 aliphatic carbocycles. The van der Waals surface area contributed by atoms with Crippen LogP contribution in [0.2, 0.25) is 0 Å². The van der Waals surface area contributed by atoms with Crippen LogP contribution in [-0.2, 0) is 0 Å². The van der Waals surface area contributed by atoms with Crippen molar-refractivity contribution >= 4 is 63.7 Å². The van der Waals surface area contributed by atoms with Crippen molar-refractivity contribution < 1.29 is 0 Å². The summed E-state index contributed by atoms with van der Waals surface area (Å²) in [4.78, 5) is 0. The number of hydrogen-bond donors (Lipinski definition) is 0. The van der Waals surface area contributed by atoms with E-state index in [1.54, 1.807) is 0 Å². The van der Waals surface area contributed by atoms with Gasteiger partial charge in [0.15, 0.2) is 0 Å². The van der Waals surface area contributed by atoms with Crippen molar-refractivity contribution in [2.24, 2.45) is 0 Å². The van der Waals surface area contributed by atoms with Crippen molar-refractivity contribution in [3.63, 3.8) is 0 Å². The molecule has 0 aliphatic rings. The molecule has 0 atom stereocenters. The monoisotopic (exact) mass is 384 g/mol. The van der Waals surface area contributed by atoms with Crippen molar-refractivity contribution in [3.8, 4) is 0 Å². The molecule has 0 unspecified atom stereocenters. The molecule has 0 saturated heterocycles. The Morgan fingerprint density at radius 3 is 2.00 bits per heavy atom. The molecule has 9 heavy (non-hydrogen) atoms. The largest absolute Gasteiger partial charge is 0.0928 e. The summed E-state index contributed by atoms with van der Waals surface area (Å²) in [7, 11) is 0. The van der Waals surface area contributed by atoms with E-state index in [4.69, 9.17) is 0 Å². The van der Waals surface area contributed by atoms with E-state index in [2.05, 4.69) is 63.7 Å². The molecular formula is C5H8Br4. The summed E-state index contributed by atoms with van der Waals surface area (Å²) in [5, 5.41) is 2.01. The van der Waals surface area contributed by atoms with Gasteiger partial charge in [-0.25, -0.2) is 0 Å². The first-order valence-corrected chi connectivity index (χ1v) is 6.45. The molecule has 0 radical (unpaired) electrons. The van der Waals surface area contributed by atoms with Gasteiger partial charge in [0.05, 0.1) is 3.23 Å². The third kappa shape index (κ3) is 6.32. The Balaban J connectivity index is 3.33. The zero-order valence-corrected chi connectivity index (χ0v) is 11.2. The van der Waals surface area contributed by atoms with Crippen molar-refractivity contribution in [2.45, 2.75) is 16.1 Å². The van der Waals surface area contributed by atoms with Gasteiger partial charge in [-0.1, -0.05) is 63.7 Å². The highest BCUT2D eigenvalue weighted by Gasteiger charge is 2.19. The number of alkyl halides is 4. The molecule has 0 amide bonds. The normalized spacial score (nSPS) is 12.0. The molecule has 0 rings (SSSR count). The summed E-state index contributed by atoms with van der Waals surface area (Å²) in [6, 6.07) is 0. The molecule has 0 aliphatic heterocycles. The smallest absolute Gasteiger partial charge is 0.0902 e. The Morgan fingerprint density at radius 1 is 1.11 bits per heavy atom. The van der Waals surface area contributed by atoms with Crippen LogP contribution < -0.4 is 0 Å². The molecule has 0 nitrogen and oxygen atoms in total. The van der Waals surface area contributed by atoms with E-state index >= 15 is 0 Å². The Labute approximate surface area is 89.7 Å². The molecule has 56 valence electrons. The van der Waals surface area contributed by atoms with Gasteiger partial charge in [0.1, 0.15) is 0 Å². The van der Waals surface area contributed by atoms with E-state index in [1.807, 2.05) is 0 Å². The lowest BCUT2D eigenvalue weighted by Crippen LogP contribution is -2.12. The van der Waals surface area contributed by atoms with Gasteiger partial charge in [-0.3, -0.25) is 0 Å². The molecule has 0 heterocycles. The van der Waals surface area contributed by atoms with Crippen LogP contribution in [0.3, 0.4) is 0 Å². The van der Waals surface area contributed by atoms with Gasteiger partial charge >= 0.3 is 0 Å². The fourth-order valence-corrected chi connectivity index (χ4v) is 1.51. The standard InChI is InChI=1S/C5H8Br4/c6-3-1-2-5(8,9)4-7/h1-4H2. The van der Waals surface area contributed by atoms with Crippen LogP contribution in [0.25, 0.3) is 0 Å². The van der Waals surface area contributed by atoms with E-state index in [0.29, 0.717) is 0 Å². The van der Waals surface area contributed by atoms with Crippen LogP contribution in [0.4, 0.5) is 0 Å². The molecule has 0 aromatic rings. The van der Waals surface area contributed by atoms with E-state index in [9.17, 15) is 0 Å². The summed E-state index contributed by atoms with van der Waals surface area (Å²) in [6.45, 7) is 0. The van der Waals surface area contributed by atoms with E-state index < -0.39 is 0 Å². The first-order valence-electron chi connectivity index (χ1n) is 2.62. The van der Waals surface area contributed by atoms with Gasteiger partial charge < -0.3 is 0 Å². The molecule has 0 aromatic carbocycles.